The fraction of sp³-hybridized carbons (Fsp3) is 0.211. The largest absolute Gasteiger partial charge is 0.422 e. The maximum atomic E-state index is 11.8. The van der Waals surface area contributed by atoms with Crippen LogP contribution in [0.2, 0.25) is 0 Å². The van der Waals surface area contributed by atoms with Crippen LogP contribution in [0.1, 0.15) is 22.3 Å². The molecule has 2 aromatic carbocycles. The number of anilines is 1. The minimum absolute atomic E-state index is 0.303. The van der Waals surface area contributed by atoms with E-state index in [1.807, 2.05) is 32.0 Å². The fourth-order valence-electron chi connectivity index (χ4n) is 2.62. The van der Waals surface area contributed by atoms with Crippen molar-refractivity contribution in [3.8, 4) is 0 Å². The highest BCUT2D eigenvalue weighted by atomic mass is 16.4. The highest BCUT2D eigenvalue weighted by molar-refractivity contribution is 5.84. The molecule has 1 aromatic heterocycles. The third-order valence-electron chi connectivity index (χ3n) is 4.02. The predicted octanol–water partition coefficient (Wildman–Crippen LogP) is 4.33. The maximum absolute atomic E-state index is 11.8. The van der Waals surface area contributed by atoms with Gasteiger partial charge in [0.25, 0.3) is 0 Å². The Hall–Kier alpha value is -2.55. The molecule has 1 N–H and O–H groups in total. The Balaban J connectivity index is 2.00. The van der Waals surface area contributed by atoms with Gasteiger partial charge >= 0.3 is 5.63 Å². The summed E-state index contributed by atoms with van der Waals surface area (Å²) in [6, 6.07) is 13.8. The zero-order valence-electron chi connectivity index (χ0n) is 13.1. The van der Waals surface area contributed by atoms with E-state index in [0.717, 1.165) is 27.8 Å². The average Bonchev–Trinajstić information content (AvgIpc) is 2.49. The molecule has 0 saturated heterocycles. The second-order valence-corrected chi connectivity index (χ2v) is 5.70. The lowest BCUT2D eigenvalue weighted by atomic mass is 10.0. The van der Waals surface area contributed by atoms with E-state index in [4.69, 9.17) is 4.42 Å². The summed E-state index contributed by atoms with van der Waals surface area (Å²) in [6.45, 7) is 6.66. The average molecular weight is 293 g/mol. The number of aryl methyl sites for hydroxylation is 3. The summed E-state index contributed by atoms with van der Waals surface area (Å²) in [5.74, 6) is 0. The van der Waals surface area contributed by atoms with Crippen molar-refractivity contribution in [2.45, 2.75) is 27.3 Å². The quantitative estimate of drug-likeness (QED) is 0.731. The SMILES string of the molecule is Cc1cccc(NCc2cc(=O)oc3c(C)c(C)ccc23)c1. The van der Waals surface area contributed by atoms with Gasteiger partial charge in [0.15, 0.2) is 0 Å². The lowest BCUT2D eigenvalue weighted by Crippen LogP contribution is -2.06. The first-order valence-corrected chi connectivity index (χ1v) is 7.38. The molecule has 0 atom stereocenters. The van der Waals surface area contributed by atoms with Gasteiger partial charge in [-0.1, -0.05) is 24.3 Å². The molecule has 3 nitrogen and oxygen atoms in total. The van der Waals surface area contributed by atoms with Crippen LogP contribution in [0.15, 0.2) is 51.7 Å². The molecule has 0 spiro atoms. The maximum Gasteiger partial charge on any atom is 0.336 e. The summed E-state index contributed by atoms with van der Waals surface area (Å²) in [5, 5.41) is 4.36. The molecule has 3 rings (SSSR count). The summed E-state index contributed by atoms with van der Waals surface area (Å²) >= 11 is 0. The smallest absolute Gasteiger partial charge is 0.336 e. The van der Waals surface area contributed by atoms with E-state index in [9.17, 15) is 4.79 Å². The van der Waals surface area contributed by atoms with Gasteiger partial charge in [0, 0.05) is 23.7 Å². The first-order valence-electron chi connectivity index (χ1n) is 7.38. The molecular formula is C19H19NO2. The van der Waals surface area contributed by atoms with E-state index in [-0.39, 0.29) is 5.63 Å². The van der Waals surface area contributed by atoms with Crippen LogP contribution >= 0.6 is 0 Å². The molecule has 0 amide bonds. The van der Waals surface area contributed by atoms with Gasteiger partial charge in [0.05, 0.1) is 0 Å². The van der Waals surface area contributed by atoms with Crippen LogP contribution < -0.4 is 10.9 Å². The number of rotatable bonds is 3. The molecule has 3 heteroatoms. The minimum Gasteiger partial charge on any atom is -0.422 e. The predicted molar refractivity (Wildman–Crippen MR) is 90.5 cm³/mol. The van der Waals surface area contributed by atoms with Crippen molar-refractivity contribution in [1.82, 2.24) is 0 Å². The van der Waals surface area contributed by atoms with Crippen molar-refractivity contribution in [3.63, 3.8) is 0 Å². The summed E-state index contributed by atoms with van der Waals surface area (Å²) in [4.78, 5) is 11.8. The van der Waals surface area contributed by atoms with Gasteiger partial charge in [-0.3, -0.25) is 0 Å². The Bertz CT molecular complexity index is 894. The van der Waals surface area contributed by atoms with Crippen molar-refractivity contribution >= 4 is 16.7 Å². The molecule has 112 valence electrons. The van der Waals surface area contributed by atoms with Crippen molar-refractivity contribution < 1.29 is 4.42 Å². The van der Waals surface area contributed by atoms with E-state index < -0.39 is 0 Å². The Morgan fingerprint density at radius 3 is 2.64 bits per heavy atom. The highest BCUT2D eigenvalue weighted by Crippen LogP contribution is 2.24. The number of nitrogens with one attached hydrogen (secondary N) is 1. The molecule has 0 unspecified atom stereocenters. The Kier molecular flexibility index (Phi) is 3.72. The van der Waals surface area contributed by atoms with E-state index in [0.29, 0.717) is 12.1 Å². The second-order valence-electron chi connectivity index (χ2n) is 5.70. The molecule has 0 bridgehead atoms. The van der Waals surface area contributed by atoms with Gasteiger partial charge < -0.3 is 9.73 Å². The summed E-state index contributed by atoms with van der Waals surface area (Å²) in [6.07, 6.45) is 0. The molecule has 3 aromatic rings. The molecule has 0 radical (unpaired) electrons. The first kappa shape index (κ1) is 14.4. The third kappa shape index (κ3) is 2.75. The van der Waals surface area contributed by atoms with Crippen molar-refractivity contribution in [3.05, 3.63) is 75.1 Å². The summed E-state index contributed by atoms with van der Waals surface area (Å²) in [7, 11) is 0. The highest BCUT2D eigenvalue weighted by Gasteiger charge is 2.09. The number of hydrogen-bond donors (Lipinski definition) is 1. The molecular weight excluding hydrogens is 274 g/mol. The zero-order chi connectivity index (χ0) is 15.7. The van der Waals surface area contributed by atoms with Crippen LogP contribution in [0.5, 0.6) is 0 Å². The summed E-state index contributed by atoms with van der Waals surface area (Å²) in [5.41, 5.74) is 5.73. The van der Waals surface area contributed by atoms with Crippen LogP contribution in [-0.2, 0) is 6.54 Å². The molecule has 0 aliphatic rings. The molecule has 0 saturated carbocycles. The topological polar surface area (TPSA) is 42.2 Å². The molecule has 0 fully saturated rings. The van der Waals surface area contributed by atoms with Crippen LogP contribution in [0.3, 0.4) is 0 Å². The Labute approximate surface area is 129 Å². The van der Waals surface area contributed by atoms with Crippen molar-refractivity contribution in [2.24, 2.45) is 0 Å². The Morgan fingerprint density at radius 2 is 1.86 bits per heavy atom. The lowest BCUT2D eigenvalue weighted by molar-refractivity contribution is 0.556. The van der Waals surface area contributed by atoms with Gasteiger partial charge in [0.1, 0.15) is 5.58 Å². The van der Waals surface area contributed by atoms with Gasteiger partial charge in [-0.15, -0.1) is 0 Å². The monoisotopic (exact) mass is 293 g/mol. The first-order chi connectivity index (χ1) is 10.5. The van der Waals surface area contributed by atoms with Crippen LogP contribution in [0, 0.1) is 20.8 Å². The van der Waals surface area contributed by atoms with Crippen LogP contribution in [0.25, 0.3) is 11.0 Å². The van der Waals surface area contributed by atoms with Crippen molar-refractivity contribution in [2.75, 3.05) is 5.32 Å². The van der Waals surface area contributed by atoms with E-state index in [1.54, 1.807) is 6.07 Å². The van der Waals surface area contributed by atoms with Gasteiger partial charge in [-0.05, 0) is 55.2 Å². The fourth-order valence-corrected chi connectivity index (χ4v) is 2.62. The second kappa shape index (κ2) is 5.68. The zero-order valence-corrected chi connectivity index (χ0v) is 13.1. The molecule has 0 aliphatic heterocycles. The van der Waals surface area contributed by atoms with Crippen molar-refractivity contribution in [1.29, 1.82) is 0 Å². The molecule has 1 heterocycles. The molecule has 22 heavy (non-hydrogen) atoms. The number of hydrogen-bond acceptors (Lipinski definition) is 3. The standard InChI is InChI=1S/C19H19NO2/c1-12-5-4-6-16(9-12)20-11-15-10-18(21)22-19-14(3)13(2)7-8-17(15)19/h4-10,20H,11H2,1-3H3. The summed E-state index contributed by atoms with van der Waals surface area (Å²) < 4.78 is 5.40. The van der Waals surface area contributed by atoms with Gasteiger partial charge in [-0.25, -0.2) is 4.79 Å². The van der Waals surface area contributed by atoms with Gasteiger partial charge in [0.2, 0.25) is 0 Å². The van der Waals surface area contributed by atoms with Crippen LogP contribution in [-0.4, -0.2) is 0 Å². The molecule has 0 aliphatic carbocycles. The number of fused-ring (bicyclic) bond motifs is 1. The van der Waals surface area contributed by atoms with Gasteiger partial charge in [-0.2, -0.15) is 0 Å². The third-order valence-corrected chi connectivity index (χ3v) is 4.02. The van der Waals surface area contributed by atoms with E-state index in [2.05, 4.69) is 30.4 Å². The number of benzene rings is 2. The lowest BCUT2D eigenvalue weighted by Gasteiger charge is -2.11. The van der Waals surface area contributed by atoms with E-state index in [1.165, 1.54) is 5.56 Å². The normalized spacial score (nSPS) is 10.9. The van der Waals surface area contributed by atoms with Crippen LogP contribution in [0.4, 0.5) is 5.69 Å². The minimum atomic E-state index is -0.303. The van der Waals surface area contributed by atoms with E-state index >= 15 is 0 Å². The Morgan fingerprint density at radius 1 is 1.05 bits per heavy atom.